The van der Waals surface area contributed by atoms with Crippen LogP contribution in [0.3, 0.4) is 0 Å². The first-order valence-corrected chi connectivity index (χ1v) is 10.4. The van der Waals surface area contributed by atoms with Crippen LogP contribution in [0.2, 0.25) is 0 Å². The molecule has 0 saturated carbocycles. The lowest BCUT2D eigenvalue weighted by atomic mass is 10.2. The minimum atomic E-state index is -4.71. The number of methoxy groups -OCH3 is 2. The summed E-state index contributed by atoms with van der Waals surface area (Å²) in [6, 6.07) is 7.65. The van der Waals surface area contributed by atoms with Crippen LogP contribution in [0.15, 0.2) is 47.4 Å². The first-order chi connectivity index (χ1) is 14.5. The summed E-state index contributed by atoms with van der Waals surface area (Å²) in [6.45, 7) is 2.15. The van der Waals surface area contributed by atoms with Crippen molar-refractivity contribution < 1.29 is 40.0 Å². The average molecular weight is 461 g/mol. The van der Waals surface area contributed by atoms with Gasteiger partial charge < -0.3 is 18.6 Å². The van der Waals surface area contributed by atoms with Gasteiger partial charge in [-0.25, -0.2) is 0 Å². The quantitative estimate of drug-likeness (QED) is 0.532. The van der Waals surface area contributed by atoms with E-state index < -0.39 is 26.8 Å². The molecule has 0 N–H and O–H groups in total. The van der Waals surface area contributed by atoms with E-state index in [2.05, 4.69) is 0 Å². The van der Waals surface area contributed by atoms with E-state index in [9.17, 15) is 26.4 Å². The van der Waals surface area contributed by atoms with Crippen molar-refractivity contribution in [2.24, 2.45) is 0 Å². The second-order valence-corrected chi connectivity index (χ2v) is 8.03. The molecule has 11 heteroatoms. The monoisotopic (exact) mass is 461 g/mol. The summed E-state index contributed by atoms with van der Waals surface area (Å²) in [4.78, 5) is 12.6. The van der Waals surface area contributed by atoms with E-state index in [1.165, 1.54) is 38.2 Å². The third-order valence-electron chi connectivity index (χ3n) is 4.26. The van der Waals surface area contributed by atoms with Crippen molar-refractivity contribution in [2.45, 2.75) is 24.5 Å². The fourth-order valence-electron chi connectivity index (χ4n) is 2.65. The molecule has 0 atom stereocenters. The van der Waals surface area contributed by atoms with Crippen LogP contribution in [0.25, 0.3) is 0 Å². The highest BCUT2D eigenvalue weighted by atomic mass is 32.2. The number of alkyl halides is 3. The molecule has 2 rings (SSSR count). The summed E-state index contributed by atoms with van der Waals surface area (Å²) >= 11 is 0. The fourth-order valence-corrected chi connectivity index (χ4v) is 3.63. The van der Waals surface area contributed by atoms with Gasteiger partial charge in [0.15, 0.2) is 11.5 Å². The number of hydrogen-bond acceptors (Lipinski definition) is 6. The molecule has 0 bridgehead atoms. The molecule has 31 heavy (non-hydrogen) atoms. The zero-order valence-corrected chi connectivity index (χ0v) is 17.9. The van der Waals surface area contributed by atoms with Crippen LogP contribution in [0.5, 0.6) is 11.5 Å². The number of ether oxygens (including phenoxy) is 2. The predicted molar refractivity (Wildman–Crippen MR) is 105 cm³/mol. The Morgan fingerprint density at radius 3 is 2.35 bits per heavy atom. The third kappa shape index (κ3) is 6.59. The molecule has 0 aromatic heterocycles. The Kier molecular flexibility index (Phi) is 7.91. The van der Waals surface area contributed by atoms with E-state index in [-0.39, 0.29) is 24.0 Å². The van der Waals surface area contributed by atoms with Crippen molar-refractivity contribution in [1.82, 2.24) is 4.90 Å². The maximum Gasteiger partial charge on any atom is 0.416 e. The topological polar surface area (TPSA) is 82.1 Å². The molecule has 0 spiro atoms. The molecular formula is C20H22F3NO6S. The van der Waals surface area contributed by atoms with E-state index >= 15 is 0 Å². The lowest BCUT2D eigenvalue weighted by molar-refractivity contribution is -0.137. The van der Waals surface area contributed by atoms with Gasteiger partial charge in [0.1, 0.15) is 4.90 Å². The van der Waals surface area contributed by atoms with Crippen LogP contribution < -0.4 is 8.92 Å². The van der Waals surface area contributed by atoms with E-state index in [0.29, 0.717) is 24.8 Å². The zero-order chi connectivity index (χ0) is 23.2. The Labute approximate surface area is 178 Å². The van der Waals surface area contributed by atoms with Gasteiger partial charge in [0, 0.05) is 27.1 Å². The molecule has 2 aromatic rings. The number of nitrogens with zero attached hydrogens (tertiary/aromatic N) is 1. The van der Waals surface area contributed by atoms with Gasteiger partial charge in [0.05, 0.1) is 19.3 Å². The molecule has 1 amide bonds. The summed E-state index contributed by atoms with van der Waals surface area (Å²) in [6.07, 6.45) is -4.71. The first-order valence-electron chi connectivity index (χ1n) is 9.01. The second-order valence-electron chi connectivity index (χ2n) is 6.48. The van der Waals surface area contributed by atoms with Gasteiger partial charge in [-0.3, -0.25) is 4.79 Å². The highest BCUT2D eigenvalue weighted by molar-refractivity contribution is 7.87. The Morgan fingerprint density at radius 1 is 1.06 bits per heavy atom. The number of halogens is 3. The van der Waals surface area contributed by atoms with Crippen LogP contribution in [0, 0.1) is 0 Å². The number of carbonyl (C=O) groups excluding carboxylic acids is 1. The van der Waals surface area contributed by atoms with Crippen molar-refractivity contribution in [2.75, 3.05) is 27.4 Å². The molecule has 7 nitrogen and oxygen atoms in total. The lowest BCUT2D eigenvalue weighted by Crippen LogP contribution is -2.31. The summed E-state index contributed by atoms with van der Waals surface area (Å²) in [5.74, 6) is -0.370. The van der Waals surface area contributed by atoms with Gasteiger partial charge >= 0.3 is 16.3 Å². The number of hydrogen-bond donors (Lipinski definition) is 0. The Bertz CT molecular complexity index is 1020. The van der Waals surface area contributed by atoms with Crippen LogP contribution in [0.4, 0.5) is 13.2 Å². The Morgan fingerprint density at radius 2 is 1.77 bits per heavy atom. The first kappa shape index (κ1) is 24.5. The standard InChI is InChI=1S/C20H22F3NO6S/c1-14(25)24(9-10-28-2)13-15-7-8-18(29-3)19(11-15)30-31(26,27)17-6-4-5-16(12-17)20(21,22)23/h4-8,11-12H,9-10,13H2,1-3H3. The molecule has 0 radical (unpaired) electrons. The molecule has 0 aliphatic heterocycles. The van der Waals surface area contributed by atoms with Gasteiger partial charge in [-0.15, -0.1) is 0 Å². The van der Waals surface area contributed by atoms with Gasteiger partial charge in [-0.05, 0) is 35.9 Å². The van der Waals surface area contributed by atoms with E-state index in [1.807, 2.05) is 0 Å². The summed E-state index contributed by atoms with van der Waals surface area (Å²) in [5, 5.41) is 0. The molecule has 170 valence electrons. The van der Waals surface area contributed by atoms with Crippen LogP contribution in [0.1, 0.15) is 18.1 Å². The van der Waals surface area contributed by atoms with Gasteiger partial charge in [0.25, 0.3) is 0 Å². The number of carbonyl (C=O) groups is 1. The fraction of sp³-hybridized carbons (Fsp3) is 0.350. The highest BCUT2D eigenvalue weighted by Crippen LogP contribution is 2.34. The molecule has 0 aliphatic carbocycles. The summed E-state index contributed by atoms with van der Waals surface area (Å²) in [7, 11) is -1.80. The van der Waals surface area contributed by atoms with Crippen molar-refractivity contribution in [3.8, 4) is 11.5 Å². The maximum atomic E-state index is 12.9. The molecule has 0 unspecified atom stereocenters. The normalized spacial score (nSPS) is 11.8. The van der Waals surface area contributed by atoms with Crippen molar-refractivity contribution in [3.05, 3.63) is 53.6 Å². The number of benzene rings is 2. The largest absolute Gasteiger partial charge is 0.493 e. The van der Waals surface area contributed by atoms with Gasteiger partial charge in [-0.1, -0.05) is 12.1 Å². The molecule has 2 aromatic carbocycles. The molecule has 0 aliphatic rings. The van der Waals surface area contributed by atoms with Gasteiger partial charge in [0.2, 0.25) is 5.91 Å². The average Bonchev–Trinajstić information content (AvgIpc) is 2.70. The molecule has 0 heterocycles. The summed E-state index contributed by atoms with van der Waals surface area (Å²) < 4.78 is 79.2. The minimum Gasteiger partial charge on any atom is -0.493 e. The van der Waals surface area contributed by atoms with E-state index in [0.717, 1.165) is 18.2 Å². The molecule has 0 saturated heterocycles. The summed E-state index contributed by atoms with van der Waals surface area (Å²) in [5.41, 5.74) is -0.588. The molecular weight excluding hydrogens is 439 g/mol. The van der Waals surface area contributed by atoms with Crippen LogP contribution in [-0.4, -0.2) is 46.6 Å². The third-order valence-corrected chi connectivity index (χ3v) is 5.49. The van der Waals surface area contributed by atoms with Crippen molar-refractivity contribution in [3.63, 3.8) is 0 Å². The Hall–Kier alpha value is -2.79. The van der Waals surface area contributed by atoms with Crippen molar-refractivity contribution in [1.29, 1.82) is 0 Å². The maximum absolute atomic E-state index is 12.9. The number of rotatable bonds is 9. The zero-order valence-electron chi connectivity index (χ0n) is 17.1. The highest BCUT2D eigenvalue weighted by Gasteiger charge is 2.32. The predicted octanol–water partition coefficient (Wildman–Crippen LogP) is 3.48. The van der Waals surface area contributed by atoms with Crippen molar-refractivity contribution >= 4 is 16.0 Å². The van der Waals surface area contributed by atoms with E-state index in [1.54, 1.807) is 6.07 Å². The Balaban J connectivity index is 2.35. The SMILES string of the molecule is COCCN(Cc1ccc(OC)c(OS(=O)(=O)c2cccc(C(F)(F)F)c2)c1)C(C)=O. The molecule has 0 fully saturated rings. The lowest BCUT2D eigenvalue weighted by Gasteiger charge is -2.21. The van der Waals surface area contributed by atoms with Crippen LogP contribution >= 0.6 is 0 Å². The second kappa shape index (κ2) is 10.0. The van der Waals surface area contributed by atoms with Gasteiger partial charge in [-0.2, -0.15) is 21.6 Å². The smallest absolute Gasteiger partial charge is 0.416 e. The van der Waals surface area contributed by atoms with Crippen LogP contribution in [-0.2, 0) is 32.4 Å². The number of amides is 1. The minimum absolute atomic E-state index is 0.0607. The van der Waals surface area contributed by atoms with E-state index in [4.69, 9.17) is 13.7 Å².